The standard InChI is InChI=1S/C22H25ClN6O/c1-16-9-18(25-22-24-15-29(26-22)19-4-2-3-17(23)11-19)12-20(10-16)27-5-7-28(8-6-27)21-13-30-14-21/h2-4,9-12,15,21H,5-8,13-14H2,1H3,(H,25,26). The number of anilines is 3. The first-order valence-corrected chi connectivity index (χ1v) is 10.6. The summed E-state index contributed by atoms with van der Waals surface area (Å²) in [6, 6.07) is 14.7. The molecule has 0 saturated carbocycles. The van der Waals surface area contributed by atoms with Crippen LogP contribution in [0.15, 0.2) is 48.8 Å². The molecule has 30 heavy (non-hydrogen) atoms. The van der Waals surface area contributed by atoms with Crippen LogP contribution in [0, 0.1) is 6.92 Å². The molecule has 0 radical (unpaired) electrons. The van der Waals surface area contributed by atoms with E-state index < -0.39 is 0 Å². The molecule has 0 aliphatic carbocycles. The number of rotatable bonds is 5. The summed E-state index contributed by atoms with van der Waals surface area (Å²) in [5.41, 5.74) is 4.31. The van der Waals surface area contributed by atoms with E-state index in [1.54, 1.807) is 11.0 Å². The van der Waals surface area contributed by atoms with Crippen LogP contribution in [0.25, 0.3) is 5.69 Å². The van der Waals surface area contributed by atoms with E-state index in [9.17, 15) is 0 Å². The predicted octanol–water partition coefficient (Wildman–Crippen LogP) is 3.49. The lowest BCUT2D eigenvalue weighted by molar-refractivity contribution is -0.0660. The monoisotopic (exact) mass is 424 g/mol. The van der Waals surface area contributed by atoms with Crippen LogP contribution in [0.2, 0.25) is 5.02 Å². The molecule has 5 rings (SSSR count). The van der Waals surface area contributed by atoms with Gasteiger partial charge in [0.15, 0.2) is 0 Å². The smallest absolute Gasteiger partial charge is 0.246 e. The minimum Gasteiger partial charge on any atom is -0.378 e. The van der Waals surface area contributed by atoms with Crippen LogP contribution in [0.3, 0.4) is 0 Å². The highest BCUT2D eigenvalue weighted by molar-refractivity contribution is 6.30. The summed E-state index contributed by atoms with van der Waals surface area (Å²) >= 11 is 6.09. The number of piperazine rings is 1. The molecular weight excluding hydrogens is 400 g/mol. The Balaban J connectivity index is 1.28. The van der Waals surface area contributed by atoms with Crippen molar-refractivity contribution in [1.29, 1.82) is 0 Å². The molecule has 0 atom stereocenters. The van der Waals surface area contributed by atoms with E-state index in [0.29, 0.717) is 17.0 Å². The van der Waals surface area contributed by atoms with E-state index in [-0.39, 0.29) is 0 Å². The van der Waals surface area contributed by atoms with Gasteiger partial charge in [0.2, 0.25) is 5.95 Å². The molecule has 0 spiro atoms. The van der Waals surface area contributed by atoms with Gasteiger partial charge in [0, 0.05) is 42.6 Å². The van der Waals surface area contributed by atoms with Gasteiger partial charge < -0.3 is 15.0 Å². The van der Waals surface area contributed by atoms with E-state index in [2.05, 4.69) is 50.3 Å². The fourth-order valence-corrected chi connectivity index (χ4v) is 4.17. The average Bonchev–Trinajstić information content (AvgIpc) is 3.15. The van der Waals surface area contributed by atoms with Gasteiger partial charge in [-0.25, -0.2) is 4.68 Å². The van der Waals surface area contributed by atoms with Crippen molar-refractivity contribution in [2.45, 2.75) is 13.0 Å². The minimum atomic E-state index is 0.557. The second kappa shape index (κ2) is 8.26. The maximum absolute atomic E-state index is 6.09. The number of ether oxygens (including phenoxy) is 1. The van der Waals surface area contributed by atoms with Crippen LogP contribution < -0.4 is 10.2 Å². The minimum absolute atomic E-state index is 0.557. The lowest BCUT2D eigenvalue weighted by Crippen LogP contribution is -2.56. The topological polar surface area (TPSA) is 58.5 Å². The molecule has 2 fully saturated rings. The molecule has 2 aliphatic rings. The van der Waals surface area contributed by atoms with Crippen LogP contribution in [0.4, 0.5) is 17.3 Å². The highest BCUT2D eigenvalue weighted by Gasteiger charge is 2.29. The van der Waals surface area contributed by atoms with Gasteiger partial charge in [-0.1, -0.05) is 17.7 Å². The Labute approximate surface area is 181 Å². The molecule has 7 nitrogen and oxygen atoms in total. The van der Waals surface area contributed by atoms with Crippen LogP contribution in [-0.2, 0) is 4.74 Å². The van der Waals surface area contributed by atoms with Crippen LogP contribution in [0.5, 0.6) is 0 Å². The van der Waals surface area contributed by atoms with Crippen molar-refractivity contribution in [3.8, 4) is 5.69 Å². The summed E-state index contributed by atoms with van der Waals surface area (Å²) in [7, 11) is 0. The van der Waals surface area contributed by atoms with Crippen molar-refractivity contribution in [2.75, 3.05) is 49.6 Å². The van der Waals surface area contributed by atoms with Gasteiger partial charge in [0.05, 0.1) is 24.9 Å². The predicted molar refractivity (Wildman–Crippen MR) is 119 cm³/mol. The molecule has 1 N–H and O–H groups in total. The maximum Gasteiger partial charge on any atom is 0.246 e. The van der Waals surface area contributed by atoms with Gasteiger partial charge in [-0.2, -0.15) is 4.98 Å². The molecule has 2 aliphatic heterocycles. The molecule has 156 valence electrons. The number of benzene rings is 2. The zero-order valence-electron chi connectivity index (χ0n) is 17.0. The summed E-state index contributed by atoms with van der Waals surface area (Å²) in [5, 5.41) is 8.55. The number of aromatic nitrogens is 3. The second-order valence-electron chi connectivity index (χ2n) is 7.89. The normalized spacial score (nSPS) is 17.7. The largest absolute Gasteiger partial charge is 0.378 e. The van der Waals surface area contributed by atoms with Gasteiger partial charge in [-0.15, -0.1) is 5.10 Å². The van der Waals surface area contributed by atoms with Crippen molar-refractivity contribution in [2.24, 2.45) is 0 Å². The maximum atomic E-state index is 6.09. The Morgan fingerprint density at radius 2 is 1.87 bits per heavy atom. The van der Waals surface area contributed by atoms with E-state index >= 15 is 0 Å². The summed E-state index contributed by atoms with van der Waals surface area (Å²) in [6.07, 6.45) is 1.69. The van der Waals surface area contributed by atoms with E-state index in [1.165, 1.54) is 11.3 Å². The Kier molecular flexibility index (Phi) is 5.33. The SMILES string of the molecule is Cc1cc(Nc2ncn(-c3cccc(Cl)c3)n2)cc(N2CCN(C3COC3)CC2)c1. The van der Waals surface area contributed by atoms with Gasteiger partial charge in [-0.05, 0) is 48.9 Å². The lowest BCUT2D eigenvalue weighted by atomic mass is 10.1. The number of nitrogens with one attached hydrogen (secondary N) is 1. The van der Waals surface area contributed by atoms with Gasteiger partial charge in [0.1, 0.15) is 6.33 Å². The Bertz CT molecular complexity index is 1030. The van der Waals surface area contributed by atoms with Gasteiger partial charge >= 0.3 is 0 Å². The number of aryl methyl sites for hydroxylation is 1. The first-order valence-electron chi connectivity index (χ1n) is 10.3. The third kappa shape index (κ3) is 4.14. The van der Waals surface area contributed by atoms with Crippen molar-refractivity contribution in [3.63, 3.8) is 0 Å². The van der Waals surface area contributed by atoms with E-state index in [1.807, 2.05) is 24.3 Å². The molecule has 0 bridgehead atoms. The summed E-state index contributed by atoms with van der Waals surface area (Å²) in [4.78, 5) is 9.39. The van der Waals surface area contributed by atoms with Crippen molar-refractivity contribution < 1.29 is 4.74 Å². The Morgan fingerprint density at radius 1 is 1.03 bits per heavy atom. The van der Waals surface area contributed by atoms with E-state index in [4.69, 9.17) is 16.3 Å². The Morgan fingerprint density at radius 3 is 2.60 bits per heavy atom. The van der Waals surface area contributed by atoms with Crippen LogP contribution >= 0.6 is 11.6 Å². The zero-order chi connectivity index (χ0) is 20.5. The molecule has 3 aromatic rings. The fourth-order valence-electron chi connectivity index (χ4n) is 3.99. The van der Waals surface area contributed by atoms with Crippen molar-refractivity contribution >= 4 is 28.9 Å². The molecule has 2 aromatic carbocycles. The number of halogens is 1. The molecule has 2 saturated heterocycles. The Hall–Kier alpha value is -2.61. The second-order valence-corrected chi connectivity index (χ2v) is 8.33. The molecule has 1 aromatic heterocycles. The van der Waals surface area contributed by atoms with Crippen LogP contribution in [0.1, 0.15) is 5.56 Å². The molecule has 3 heterocycles. The van der Waals surface area contributed by atoms with E-state index in [0.717, 1.165) is 50.8 Å². The highest BCUT2D eigenvalue weighted by Crippen LogP contribution is 2.26. The number of nitrogens with zero attached hydrogens (tertiary/aromatic N) is 5. The van der Waals surface area contributed by atoms with Crippen LogP contribution in [-0.4, -0.2) is 65.1 Å². The molecule has 0 unspecified atom stereocenters. The van der Waals surface area contributed by atoms with Crippen molar-refractivity contribution in [1.82, 2.24) is 19.7 Å². The first kappa shape index (κ1) is 19.4. The first-order chi connectivity index (χ1) is 14.6. The summed E-state index contributed by atoms with van der Waals surface area (Å²) in [5.74, 6) is 0.557. The number of hydrogen-bond acceptors (Lipinski definition) is 6. The zero-order valence-corrected chi connectivity index (χ0v) is 17.7. The van der Waals surface area contributed by atoms with Gasteiger partial charge in [-0.3, -0.25) is 4.90 Å². The number of hydrogen-bond donors (Lipinski definition) is 1. The highest BCUT2D eigenvalue weighted by atomic mass is 35.5. The third-order valence-electron chi connectivity index (χ3n) is 5.70. The summed E-state index contributed by atoms with van der Waals surface area (Å²) in [6.45, 7) is 8.10. The van der Waals surface area contributed by atoms with Crippen molar-refractivity contribution in [3.05, 3.63) is 59.4 Å². The third-order valence-corrected chi connectivity index (χ3v) is 5.93. The quantitative estimate of drug-likeness (QED) is 0.676. The molecule has 8 heteroatoms. The van der Waals surface area contributed by atoms with Gasteiger partial charge in [0.25, 0.3) is 0 Å². The molecule has 0 amide bonds. The molecular formula is C22H25ClN6O. The fraction of sp³-hybridized carbons (Fsp3) is 0.364. The lowest BCUT2D eigenvalue weighted by Gasteiger charge is -2.43. The average molecular weight is 425 g/mol. The summed E-state index contributed by atoms with van der Waals surface area (Å²) < 4.78 is 7.06.